The van der Waals surface area contributed by atoms with Crippen LogP contribution in [0.25, 0.3) is 28.1 Å². The number of carbonyl (C=O) groups is 1. The molecule has 2 N–H and O–H groups in total. The number of esters is 1. The smallest absolute Gasteiger partial charge is 0.330 e. The fourth-order valence-corrected chi connectivity index (χ4v) is 3.54. The van der Waals surface area contributed by atoms with Crippen molar-refractivity contribution in [3.05, 3.63) is 70.9 Å². The molecule has 0 bridgehead atoms. The maximum Gasteiger partial charge on any atom is 0.330 e. The first kappa shape index (κ1) is 26.6. The van der Waals surface area contributed by atoms with Crippen molar-refractivity contribution >= 4 is 47.8 Å². The van der Waals surface area contributed by atoms with E-state index in [9.17, 15) is 4.79 Å². The second-order valence-corrected chi connectivity index (χ2v) is 7.09. The molecule has 0 saturated carbocycles. The summed E-state index contributed by atoms with van der Waals surface area (Å²) in [4.78, 5) is 16.6. The third-order valence-electron chi connectivity index (χ3n) is 4.93. The molecule has 3 aromatic rings. The molecule has 0 atom stereocenters. The Balaban J connectivity index is 0.00000240. The number of nitrogens with zero attached hydrogens (tertiary/aromatic N) is 1. The Bertz CT molecular complexity index is 1050. The minimum Gasteiger partial charge on any atom is -0.463 e. The molecule has 3 rings (SSSR count). The zero-order valence-electron chi connectivity index (χ0n) is 18.2. The Morgan fingerprint density at radius 3 is 2.42 bits per heavy atom. The summed E-state index contributed by atoms with van der Waals surface area (Å²) in [7, 11) is 0. The van der Waals surface area contributed by atoms with Gasteiger partial charge in [-0.05, 0) is 60.7 Å². The second-order valence-electron chi connectivity index (χ2n) is 7.09. The quantitative estimate of drug-likeness (QED) is 0.344. The summed E-state index contributed by atoms with van der Waals surface area (Å²) in [5.41, 5.74) is 13.7. The van der Waals surface area contributed by atoms with Crippen molar-refractivity contribution in [2.24, 2.45) is 5.73 Å². The summed E-state index contributed by atoms with van der Waals surface area (Å²) in [6.07, 6.45) is 5.14. The van der Waals surface area contributed by atoms with Crippen molar-refractivity contribution in [3.8, 4) is 11.1 Å². The molecule has 1 heterocycles. The van der Waals surface area contributed by atoms with Gasteiger partial charge in [-0.1, -0.05) is 49.2 Å². The Morgan fingerprint density at radius 2 is 1.81 bits per heavy atom. The molecule has 0 aliphatic rings. The van der Waals surface area contributed by atoms with Crippen LogP contribution in [0.15, 0.2) is 48.5 Å². The lowest BCUT2D eigenvalue weighted by molar-refractivity contribution is -0.137. The van der Waals surface area contributed by atoms with Gasteiger partial charge in [-0.15, -0.1) is 24.8 Å². The van der Waals surface area contributed by atoms with Crippen LogP contribution in [0, 0.1) is 6.92 Å². The number of hydrogen-bond donors (Lipinski definition) is 1. The molecule has 0 spiro atoms. The minimum absolute atomic E-state index is 0. The van der Waals surface area contributed by atoms with Crippen molar-refractivity contribution in [2.45, 2.75) is 40.2 Å². The lowest BCUT2D eigenvalue weighted by Crippen LogP contribution is -2.07. The van der Waals surface area contributed by atoms with Gasteiger partial charge in [-0.2, -0.15) is 0 Å². The molecule has 31 heavy (non-hydrogen) atoms. The lowest BCUT2D eigenvalue weighted by Gasteiger charge is -2.17. The van der Waals surface area contributed by atoms with E-state index in [4.69, 9.17) is 15.5 Å². The fourth-order valence-electron chi connectivity index (χ4n) is 3.54. The van der Waals surface area contributed by atoms with E-state index in [1.165, 1.54) is 11.6 Å². The van der Waals surface area contributed by atoms with Gasteiger partial charge in [0.15, 0.2) is 0 Å². The van der Waals surface area contributed by atoms with Crippen LogP contribution in [0.1, 0.15) is 42.7 Å². The Morgan fingerprint density at radius 1 is 1.10 bits per heavy atom. The third kappa shape index (κ3) is 6.30. The first-order chi connectivity index (χ1) is 14.1. The topological polar surface area (TPSA) is 65.2 Å². The van der Waals surface area contributed by atoms with E-state index in [1.807, 2.05) is 12.1 Å². The average Bonchev–Trinajstić information content (AvgIpc) is 2.72. The first-order valence-electron chi connectivity index (χ1n) is 10.1. The van der Waals surface area contributed by atoms with Crippen LogP contribution in [0.5, 0.6) is 0 Å². The van der Waals surface area contributed by atoms with Gasteiger partial charge in [0.2, 0.25) is 0 Å². The maximum atomic E-state index is 11.7. The molecule has 0 fully saturated rings. The highest BCUT2D eigenvalue weighted by Gasteiger charge is 2.15. The molecule has 0 amide bonds. The molecule has 0 saturated heterocycles. The Labute approximate surface area is 196 Å². The number of fused-ring (bicyclic) bond motifs is 1. The van der Waals surface area contributed by atoms with Crippen molar-refractivity contribution in [3.63, 3.8) is 0 Å². The summed E-state index contributed by atoms with van der Waals surface area (Å²) in [5.74, 6) is -0.342. The van der Waals surface area contributed by atoms with E-state index in [-0.39, 0.29) is 30.8 Å². The molecule has 0 unspecified atom stereocenters. The van der Waals surface area contributed by atoms with Crippen LogP contribution in [0.4, 0.5) is 0 Å². The van der Waals surface area contributed by atoms with Crippen LogP contribution in [0.3, 0.4) is 0 Å². The second kappa shape index (κ2) is 12.5. The van der Waals surface area contributed by atoms with E-state index in [0.29, 0.717) is 13.2 Å². The standard InChI is InChI=1S/C25H28N2O2.2ClH/c1-4-6-22-21(16-26)25(19-11-7-17(3)8-12-19)20-15-18(9-13-23(20)27-22)10-14-24(28)29-5-2;;/h7-15H,4-6,16,26H2,1-3H3;2*1H/b14-10+;;. The van der Waals surface area contributed by atoms with E-state index in [1.54, 1.807) is 13.0 Å². The van der Waals surface area contributed by atoms with Gasteiger partial charge in [-0.3, -0.25) is 4.98 Å². The number of aromatic nitrogens is 1. The highest BCUT2D eigenvalue weighted by Crippen LogP contribution is 2.34. The largest absolute Gasteiger partial charge is 0.463 e. The summed E-state index contributed by atoms with van der Waals surface area (Å²) in [6, 6.07) is 14.6. The summed E-state index contributed by atoms with van der Waals surface area (Å²) >= 11 is 0. The first-order valence-corrected chi connectivity index (χ1v) is 10.1. The van der Waals surface area contributed by atoms with E-state index >= 15 is 0 Å². The molecule has 0 aliphatic carbocycles. The van der Waals surface area contributed by atoms with Gasteiger partial charge in [-0.25, -0.2) is 4.79 Å². The minimum atomic E-state index is -0.342. The number of hydrogen-bond acceptors (Lipinski definition) is 4. The maximum absolute atomic E-state index is 11.7. The summed E-state index contributed by atoms with van der Waals surface area (Å²) in [5, 5.41) is 1.04. The van der Waals surface area contributed by atoms with Crippen molar-refractivity contribution < 1.29 is 9.53 Å². The molecule has 2 aromatic carbocycles. The van der Waals surface area contributed by atoms with Gasteiger partial charge in [0.25, 0.3) is 0 Å². The fraction of sp³-hybridized carbons (Fsp3) is 0.280. The number of nitrogens with two attached hydrogens (primary N) is 1. The number of aryl methyl sites for hydroxylation is 2. The van der Waals surface area contributed by atoms with E-state index < -0.39 is 0 Å². The SMILES string of the molecule is CCCc1nc2ccc(/C=C/C(=O)OCC)cc2c(-c2ccc(C)cc2)c1CN.Cl.Cl. The van der Waals surface area contributed by atoms with E-state index in [2.05, 4.69) is 44.2 Å². The zero-order chi connectivity index (χ0) is 20.8. The zero-order valence-corrected chi connectivity index (χ0v) is 19.8. The van der Waals surface area contributed by atoms with Crippen LogP contribution >= 0.6 is 24.8 Å². The summed E-state index contributed by atoms with van der Waals surface area (Å²) in [6.45, 7) is 6.83. The van der Waals surface area contributed by atoms with Crippen molar-refractivity contribution in [1.29, 1.82) is 0 Å². The Kier molecular flexibility index (Phi) is 10.7. The Hall–Kier alpha value is -2.40. The monoisotopic (exact) mass is 460 g/mol. The molecular formula is C25H30Cl2N2O2. The molecule has 166 valence electrons. The van der Waals surface area contributed by atoms with Gasteiger partial charge in [0.05, 0.1) is 12.1 Å². The molecular weight excluding hydrogens is 431 g/mol. The van der Waals surface area contributed by atoms with Gasteiger partial charge >= 0.3 is 5.97 Å². The highest BCUT2D eigenvalue weighted by molar-refractivity contribution is 5.98. The van der Waals surface area contributed by atoms with Crippen molar-refractivity contribution in [1.82, 2.24) is 4.98 Å². The van der Waals surface area contributed by atoms with Crippen LogP contribution < -0.4 is 5.73 Å². The molecule has 6 heteroatoms. The number of carbonyl (C=O) groups excluding carboxylic acids is 1. The summed E-state index contributed by atoms with van der Waals surface area (Å²) < 4.78 is 4.98. The number of benzene rings is 2. The average molecular weight is 461 g/mol. The number of rotatable bonds is 7. The molecule has 0 radical (unpaired) electrons. The highest BCUT2D eigenvalue weighted by atomic mass is 35.5. The van der Waals surface area contributed by atoms with Gasteiger partial charge in [0.1, 0.15) is 0 Å². The van der Waals surface area contributed by atoms with Gasteiger partial charge < -0.3 is 10.5 Å². The van der Waals surface area contributed by atoms with Gasteiger partial charge in [0, 0.05) is 23.7 Å². The number of ether oxygens (including phenoxy) is 1. The lowest BCUT2D eigenvalue weighted by atomic mass is 9.91. The predicted molar refractivity (Wildman–Crippen MR) is 134 cm³/mol. The van der Waals surface area contributed by atoms with Crippen LogP contribution in [0.2, 0.25) is 0 Å². The number of halogens is 2. The number of pyridine rings is 1. The van der Waals surface area contributed by atoms with Crippen LogP contribution in [-0.4, -0.2) is 17.6 Å². The normalized spacial score (nSPS) is 10.6. The molecule has 4 nitrogen and oxygen atoms in total. The molecule has 0 aliphatic heterocycles. The molecule has 1 aromatic heterocycles. The van der Waals surface area contributed by atoms with E-state index in [0.717, 1.165) is 51.7 Å². The predicted octanol–water partition coefficient (Wildman–Crippen LogP) is 6.04. The third-order valence-corrected chi connectivity index (χ3v) is 4.93. The van der Waals surface area contributed by atoms with Crippen LogP contribution in [-0.2, 0) is 22.5 Å². The van der Waals surface area contributed by atoms with Crippen molar-refractivity contribution in [2.75, 3.05) is 6.61 Å².